The zero-order valence-electron chi connectivity index (χ0n) is 16.7. The molecule has 1 atom stereocenters. The molecule has 1 nitrogen and oxygen atoms in total. The van der Waals surface area contributed by atoms with Gasteiger partial charge in [0, 0.05) is 16.3 Å². The molecule has 31 heavy (non-hydrogen) atoms. The van der Waals surface area contributed by atoms with Crippen molar-refractivity contribution in [1.29, 1.82) is 0 Å². The Morgan fingerprint density at radius 1 is 0.839 bits per heavy atom. The summed E-state index contributed by atoms with van der Waals surface area (Å²) in [5.74, 6) is -0.998. The molecule has 0 amide bonds. The molecule has 3 aromatic rings. The molecule has 1 heterocycles. The van der Waals surface area contributed by atoms with Crippen LogP contribution in [0.25, 0.3) is 25.7 Å². The zero-order valence-corrected chi connectivity index (χ0v) is 17.5. The minimum absolute atomic E-state index is 0.0354. The molecule has 164 valence electrons. The molecule has 1 unspecified atom stereocenters. The van der Waals surface area contributed by atoms with Crippen molar-refractivity contribution in [3.8, 4) is 5.75 Å². The lowest BCUT2D eigenvalue weighted by molar-refractivity contribution is -0.275. The zero-order chi connectivity index (χ0) is 21.8. The lowest BCUT2D eigenvalue weighted by Gasteiger charge is -2.27. The quantitative estimate of drug-likeness (QED) is 0.362. The second-order valence-corrected chi connectivity index (χ2v) is 9.54. The van der Waals surface area contributed by atoms with Gasteiger partial charge in [-0.05, 0) is 48.8 Å². The summed E-state index contributed by atoms with van der Waals surface area (Å²) in [5.41, 5.74) is 1.48. The van der Waals surface area contributed by atoms with E-state index in [0.29, 0.717) is 22.3 Å². The van der Waals surface area contributed by atoms with E-state index in [0.717, 1.165) is 48.2 Å². The number of halogens is 5. The topological polar surface area (TPSA) is 9.23 Å². The smallest absolute Gasteiger partial charge is 0.403 e. The summed E-state index contributed by atoms with van der Waals surface area (Å²) in [6.07, 6.45) is 5.16. The predicted octanol–water partition coefficient (Wildman–Crippen LogP) is 8.61. The van der Waals surface area contributed by atoms with E-state index in [-0.39, 0.29) is 9.40 Å². The summed E-state index contributed by atoms with van der Waals surface area (Å²) in [5, 5.41) is 0.885. The fourth-order valence-corrected chi connectivity index (χ4v) is 6.40. The van der Waals surface area contributed by atoms with E-state index in [9.17, 15) is 17.6 Å². The van der Waals surface area contributed by atoms with Crippen molar-refractivity contribution in [2.24, 2.45) is 11.8 Å². The maximum Gasteiger partial charge on any atom is 0.573 e. The molecule has 0 saturated heterocycles. The highest BCUT2D eigenvalue weighted by Crippen LogP contribution is 2.44. The van der Waals surface area contributed by atoms with Gasteiger partial charge in [0.05, 0.1) is 9.40 Å². The first kappa shape index (κ1) is 20.7. The van der Waals surface area contributed by atoms with Crippen LogP contribution in [0.4, 0.5) is 22.0 Å². The molecular formula is C24H21F5OS. The van der Waals surface area contributed by atoms with E-state index >= 15 is 4.39 Å². The second-order valence-electron chi connectivity index (χ2n) is 8.52. The molecule has 2 aromatic carbocycles. The Kier molecular flexibility index (Phi) is 5.19. The number of benzene rings is 2. The van der Waals surface area contributed by atoms with Crippen molar-refractivity contribution >= 4 is 37.1 Å². The maximum atomic E-state index is 15.4. The summed E-state index contributed by atoms with van der Waals surface area (Å²) in [7, 11) is 0. The van der Waals surface area contributed by atoms with Gasteiger partial charge in [-0.25, -0.2) is 8.78 Å². The third kappa shape index (κ3) is 3.81. The predicted molar refractivity (Wildman–Crippen MR) is 113 cm³/mol. The van der Waals surface area contributed by atoms with Crippen LogP contribution < -0.4 is 4.74 Å². The minimum Gasteiger partial charge on any atom is -0.403 e. The van der Waals surface area contributed by atoms with Crippen molar-refractivity contribution in [3.05, 3.63) is 47.5 Å². The molecule has 0 N–H and O–H groups in total. The van der Waals surface area contributed by atoms with Crippen molar-refractivity contribution in [3.63, 3.8) is 0 Å². The first-order chi connectivity index (χ1) is 14.8. The molecule has 0 aliphatic heterocycles. The van der Waals surface area contributed by atoms with E-state index in [1.54, 1.807) is 12.1 Å². The summed E-state index contributed by atoms with van der Waals surface area (Å²) >= 11 is 0.830. The molecule has 2 aliphatic carbocycles. The largest absolute Gasteiger partial charge is 0.573 e. The fraction of sp³-hybridized carbons (Fsp3) is 0.417. The molecule has 5 rings (SSSR count). The lowest BCUT2D eigenvalue weighted by atomic mass is 9.78. The number of rotatable bonds is 3. The van der Waals surface area contributed by atoms with Gasteiger partial charge < -0.3 is 4.74 Å². The molecule has 7 heteroatoms. The molecule has 0 spiro atoms. The summed E-state index contributed by atoms with van der Waals surface area (Å²) in [6.45, 7) is 0. The van der Waals surface area contributed by atoms with Gasteiger partial charge in [0.15, 0.2) is 11.6 Å². The number of ether oxygens (including phenoxy) is 1. The molecule has 0 bridgehead atoms. The van der Waals surface area contributed by atoms with Crippen LogP contribution in [0, 0.1) is 23.5 Å². The first-order valence-corrected chi connectivity index (χ1v) is 11.4. The summed E-state index contributed by atoms with van der Waals surface area (Å²) in [6, 6.07) is 5.74. The minimum atomic E-state index is -4.99. The third-order valence-corrected chi connectivity index (χ3v) is 7.95. The molecular weight excluding hydrogens is 431 g/mol. The Labute approximate surface area is 180 Å². The van der Waals surface area contributed by atoms with Crippen LogP contribution in [0.2, 0.25) is 0 Å². The third-order valence-electron chi connectivity index (χ3n) is 6.74. The van der Waals surface area contributed by atoms with Crippen LogP contribution in [-0.2, 0) is 0 Å². The standard InChI is InChI=1S/C24H21F5OS/c25-20-16(15-7-5-14(6-8-15)13-3-1-2-4-13)9-10-17-18-11-12-19(30-24(27,28)29)21(26)23(18)31-22(17)20/h7,9-14H,1-6,8H2. The van der Waals surface area contributed by atoms with Crippen LogP contribution in [0.3, 0.4) is 0 Å². The Morgan fingerprint density at radius 2 is 1.52 bits per heavy atom. The van der Waals surface area contributed by atoms with Crippen molar-refractivity contribution < 1.29 is 26.7 Å². The Hall–Kier alpha value is -2.15. The van der Waals surface area contributed by atoms with Gasteiger partial charge in [-0.2, -0.15) is 0 Å². The van der Waals surface area contributed by atoms with E-state index < -0.39 is 23.7 Å². The van der Waals surface area contributed by atoms with Gasteiger partial charge in [-0.3, -0.25) is 0 Å². The molecule has 2 aliphatic rings. The van der Waals surface area contributed by atoms with E-state index in [1.165, 1.54) is 31.7 Å². The number of alkyl halides is 3. The highest BCUT2D eigenvalue weighted by Gasteiger charge is 2.33. The monoisotopic (exact) mass is 452 g/mol. The lowest BCUT2D eigenvalue weighted by Crippen LogP contribution is -2.17. The number of hydrogen-bond donors (Lipinski definition) is 0. The highest BCUT2D eigenvalue weighted by atomic mass is 32.1. The number of thiophene rings is 1. The van der Waals surface area contributed by atoms with Crippen LogP contribution >= 0.6 is 11.3 Å². The van der Waals surface area contributed by atoms with Gasteiger partial charge in [-0.15, -0.1) is 24.5 Å². The average Bonchev–Trinajstić information content (AvgIpc) is 3.39. The van der Waals surface area contributed by atoms with Crippen molar-refractivity contribution in [1.82, 2.24) is 0 Å². The van der Waals surface area contributed by atoms with Crippen molar-refractivity contribution in [2.45, 2.75) is 51.3 Å². The second kappa shape index (κ2) is 7.76. The SMILES string of the molecule is Fc1c(OC(F)(F)F)ccc2c1sc1c(F)c(C3=CCC(C4CCCC4)CC3)ccc12. The van der Waals surface area contributed by atoms with Crippen LogP contribution in [0.5, 0.6) is 5.75 Å². The average molecular weight is 452 g/mol. The van der Waals surface area contributed by atoms with Crippen LogP contribution in [0.15, 0.2) is 30.3 Å². The summed E-state index contributed by atoms with van der Waals surface area (Å²) < 4.78 is 71.7. The van der Waals surface area contributed by atoms with E-state index in [2.05, 4.69) is 10.8 Å². The fourth-order valence-electron chi connectivity index (χ4n) is 5.23. The Balaban J connectivity index is 1.51. The van der Waals surface area contributed by atoms with E-state index in [4.69, 9.17) is 0 Å². The normalized spacial score (nSPS) is 20.5. The van der Waals surface area contributed by atoms with Gasteiger partial charge in [0.2, 0.25) is 0 Å². The Morgan fingerprint density at radius 3 is 2.16 bits per heavy atom. The molecule has 1 aromatic heterocycles. The molecule has 1 saturated carbocycles. The summed E-state index contributed by atoms with van der Waals surface area (Å²) in [4.78, 5) is 0. The van der Waals surface area contributed by atoms with Gasteiger partial charge >= 0.3 is 6.36 Å². The van der Waals surface area contributed by atoms with Gasteiger partial charge in [0.1, 0.15) is 5.82 Å². The molecule has 1 fully saturated rings. The maximum absolute atomic E-state index is 15.4. The first-order valence-electron chi connectivity index (χ1n) is 10.6. The highest BCUT2D eigenvalue weighted by molar-refractivity contribution is 7.25. The number of fused-ring (bicyclic) bond motifs is 3. The number of allylic oxidation sites excluding steroid dienone is 2. The Bertz CT molecular complexity index is 1170. The number of hydrogen-bond acceptors (Lipinski definition) is 2. The van der Waals surface area contributed by atoms with Gasteiger partial charge in [-0.1, -0.05) is 43.9 Å². The van der Waals surface area contributed by atoms with Crippen molar-refractivity contribution in [2.75, 3.05) is 0 Å². The van der Waals surface area contributed by atoms with E-state index in [1.807, 2.05) is 0 Å². The van der Waals surface area contributed by atoms with Gasteiger partial charge in [0.25, 0.3) is 0 Å². The van der Waals surface area contributed by atoms with Crippen LogP contribution in [0.1, 0.15) is 50.5 Å². The van der Waals surface area contributed by atoms with Crippen LogP contribution in [-0.4, -0.2) is 6.36 Å². The molecule has 0 radical (unpaired) electrons.